The third-order valence-corrected chi connectivity index (χ3v) is 4.03. The monoisotopic (exact) mass is 238 g/mol. The Labute approximate surface area is 102 Å². The molecule has 1 saturated carbocycles. The second kappa shape index (κ2) is 4.46. The fraction of sp³-hybridized carbons (Fsp3) is 0.769. The molecule has 1 aromatic rings. The highest BCUT2D eigenvalue weighted by Gasteiger charge is 2.29. The molecule has 0 aromatic carbocycles. The van der Waals surface area contributed by atoms with Crippen molar-refractivity contribution in [2.75, 3.05) is 0 Å². The average Bonchev–Trinajstić information content (AvgIpc) is 2.95. The molecule has 1 aromatic heterocycles. The van der Waals surface area contributed by atoms with E-state index in [1.807, 2.05) is 11.3 Å². The van der Waals surface area contributed by atoms with Gasteiger partial charge in [-0.1, -0.05) is 6.92 Å². The topological polar surface area (TPSA) is 24.9 Å². The second-order valence-corrected chi connectivity index (χ2v) is 6.82. The average molecular weight is 238 g/mol. The third-order valence-electron chi connectivity index (χ3n) is 2.82. The van der Waals surface area contributed by atoms with Gasteiger partial charge in [0.2, 0.25) is 0 Å². The Morgan fingerprint density at radius 3 is 2.56 bits per heavy atom. The molecule has 0 saturated heterocycles. The zero-order chi connectivity index (χ0) is 11.8. The summed E-state index contributed by atoms with van der Waals surface area (Å²) in [6, 6.07) is 0. The summed E-state index contributed by atoms with van der Waals surface area (Å²) < 4.78 is 0. The van der Waals surface area contributed by atoms with Gasteiger partial charge in [-0.05, 0) is 40.0 Å². The summed E-state index contributed by atoms with van der Waals surface area (Å²) in [4.78, 5) is 6.24. The largest absolute Gasteiger partial charge is 0.307 e. The van der Waals surface area contributed by atoms with Crippen LogP contribution in [0, 0.1) is 0 Å². The second-order valence-electron chi connectivity index (χ2n) is 5.65. The number of hydrogen-bond acceptors (Lipinski definition) is 3. The van der Waals surface area contributed by atoms with E-state index >= 15 is 0 Å². The van der Waals surface area contributed by atoms with E-state index in [1.165, 1.54) is 28.4 Å². The number of aryl methyl sites for hydroxylation is 1. The lowest BCUT2D eigenvalue weighted by Crippen LogP contribution is -2.35. The first-order valence-corrected chi connectivity index (χ1v) is 7.04. The van der Waals surface area contributed by atoms with Crippen molar-refractivity contribution in [2.24, 2.45) is 0 Å². The lowest BCUT2D eigenvalue weighted by Gasteiger charge is -2.20. The van der Waals surface area contributed by atoms with Gasteiger partial charge < -0.3 is 5.32 Å². The van der Waals surface area contributed by atoms with Crippen LogP contribution in [-0.2, 0) is 13.0 Å². The molecule has 1 N–H and O–H groups in total. The highest BCUT2D eigenvalue weighted by molar-refractivity contribution is 7.11. The van der Waals surface area contributed by atoms with Crippen LogP contribution in [0.4, 0.5) is 0 Å². The summed E-state index contributed by atoms with van der Waals surface area (Å²) >= 11 is 1.89. The van der Waals surface area contributed by atoms with Gasteiger partial charge in [0.05, 0.1) is 10.7 Å². The molecule has 2 rings (SSSR count). The van der Waals surface area contributed by atoms with E-state index in [-0.39, 0.29) is 5.54 Å². The predicted octanol–water partition coefficient (Wildman–Crippen LogP) is 3.47. The standard InChI is InChI=1S/C13H22N2S/c1-5-11-15-12(9-6-7-9)10(16-11)8-14-13(2,3)4/h9,14H,5-8H2,1-4H3. The molecular weight excluding hydrogens is 216 g/mol. The Hall–Kier alpha value is -0.410. The van der Waals surface area contributed by atoms with Crippen LogP contribution in [0.2, 0.25) is 0 Å². The molecule has 1 fully saturated rings. The number of nitrogens with zero attached hydrogens (tertiary/aromatic N) is 1. The van der Waals surface area contributed by atoms with E-state index in [9.17, 15) is 0 Å². The van der Waals surface area contributed by atoms with E-state index in [2.05, 4.69) is 33.0 Å². The van der Waals surface area contributed by atoms with Gasteiger partial charge in [0.1, 0.15) is 0 Å². The van der Waals surface area contributed by atoms with Crippen molar-refractivity contribution in [3.8, 4) is 0 Å². The molecule has 0 atom stereocenters. The van der Waals surface area contributed by atoms with Crippen LogP contribution >= 0.6 is 11.3 Å². The molecule has 16 heavy (non-hydrogen) atoms. The van der Waals surface area contributed by atoms with Crippen LogP contribution < -0.4 is 5.32 Å². The Bertz CT molecular complexity index is 358. The predicted molar refractivity (Wildman–Crippen MR) is 70.1 cm³/mol. The van der Waals surface area contributed by atoms with E-state index in [4.69, 9.17) is 4.98 Å². The minimum atomic E-state index is 0.192. The van der Waals surface area contributed by atoms with Gasteiger partial charge in [0.25, 0.3) is 0 Å². The fourth-order valence-corrected chi connectivity index (χ4v) is 2.75. The molecule has 3 heteroatoms. The van der Waals surface area contributed by atoms with Crippen molar-refractivity contribution in [1.82, 2.24) is 10.3 Å². The lowest BCUT2D eigenvalue weighted by atomic mass is 10.1. The quantitative estimate of drug-likeness (QED) is 0.869. The van der Waals surface area contributed by atoms with Crippen LogP contribution in [-0.4, -0.2) is 10.5 Å². The Morgan fingerprint density at radius 2 is 2.06 bits per heavy atom. The maximum atomic E-state index is 4.77. The molecule has 0 bridgehead atoms. The SMILES string of the molecule is CCc1nc(C2CC2)c(CNC(C)(C)C)s1. The Balaban J connectivity index is 2.09. The van der Waals surface area contributed by atoms with Crippen LogP contribution in [0.25, 0.3) is 0 Å². The third kappa shape index (κ3) is 3.05. The van der Waals surface area contributed by atoms with Gasteiger partial charge in [-0.15, -0.1) is 11.3 Å². The molecule has 0 unspecified atom stereocenters. The van der Waals surface area contributed by atoms with Crippen molar-refractivity contribution in [1.29, 1.82) is 0 Å². The fourth-order valence-electron chi connectivity index (χ4n) is 1.71. The van der Waals surface area contributed by atoms with Gasteiger partial charge in [0.15, 0.2) is 0 Å². The van der Waals surface area contributed by atoms with Crippen molar-refractivity contribution < 1.29 is 0 Å². The first kappa shape index (κ1) is 12.1. The molecule has 0 spiro atoms. The van der Waals surface area contributed by atoms with E-state index < -0.39 is 0 Å². The highest BCUT2D eigenvalue weighted by atomic mass is 32.1. The molecule has 2 nitrogen and oxygen atoms in total. The van der Waals surface area contributed by atoms with Gasteiger partial charge in [0, 0.05) is 22.9 Å². The lowest BCUT2D eigenvalue weighted by molar-refractivity contribution is 0.425. The first-order chi connectivity index (χ1) is 7.49. The van der Waals surface area contributed by atoms with E-state index in [0.717, 1.165) is 18.9 Å². The van der Waals surface area contributed by atoms with E-state index in [0.29, 0.717) is 0 Å². The first-order valence-electron chi connectivity index (χ1n) is 6.23. The number of aromatic nitrogens is 1. The van der Waals surface area contributed by atoms with Gasteiger partial charge in [-0.25, -0.2) is 4.98 Å². The van der Waals surface area contributed by atoms with Crippen LogP contribution in [0.15, 0.2) is 0 Å². The number of nitrogens with one attached hydrogen (secondary N) is 1. The zero-order valence-electron chi connectivity index (χ0n) is 10.8. The van der Waals surface area contributed by atoms with Gasteiger partial charge in [-0.3, -0.25) is 0 Å². The molecule has 0 aliphatic heterocycles. The molecule has 0 radical (unpaired) electrons. The minimum Gasteiger partial charge on any atom is -0.307 e. The summed E-state index contributed by atoms with van der Waals surface area (Å²) in [5, 5.41) is 4.87. The zero-order valence-corrected chi connectivity index (χ0v) is 11.6. The number of rotatable bonds is 4. The maximum absolute atomic E-state index is 4.77. The van der Waals surface area contributed by atoms with Crippen molar-refractivity contribution in [3.63, 3.8) is 0 Å². The minimum absolute atomic E-state index is 0.192. The smallest absolute Gasteiger partial charge is 0.0929 e. The molecular formula is C13H22N2S. The molecule has 1 aliphatic rings. The van der Waals surface area contributed by atoms with Crippen LogP contribution in [0.1, 0.15) is 62.0 Å². The summed E-state index contributed by atoms with van der Waals surface area (Å²) in [7, 11) is 0. The number of thiazole rings is 1. The van der Waals surface area contributed by atoms with Gasteiger partial charge in [-0.2, -0.15) is 0 Å². The number of hydrogen-bond donors (Lipinski definition) is 1. The molecule has 90 valence electrons. The van der Waals surface area contributed by atoms with Crippen molar-refractivity contribution >= 4 is 11.3 Å². The molecule has 1 heterocycles. The summed E-state index contributed by atoms with van der Waals surface area (Å²) in [6.07, 6.45) is 3.75. The Kier molecular flexibility index (Phi) is 3.36. The summed E-state index contributed by atoms with van der Waals surface area (Å²) in [5.41, 5.74) is 1.58. The molecule has 1 aliphatic carbocycles. The van der Waals surface area contributed by atoms with Gasteiger partial charge >= 0.3 is 0 Å². The van der Waals surface area contributed by atoms with Crippen molar-refractivity contribution in [2.45, 2.75) is 65.0 Å². The van der Waals surface area contributed by atoms with E-state index in [1.54, 1.807) is 0 Å². The summed E-state index contributed by atoms with van der Waals surface area (Å²) in [5.74, 6) is 0.772. The Morgan fingerprint density at radius 1 is 1.38 bits per heavy atom. The molecule has 0 amide bonds. The highest BCUT2D eigenvalue weighted by Crippen LogP contribution is 2.42. The summed E-state index contributed by atoms with van der Waals surface area (Å²) in [6.45, 7) is 9.81. The van der Waals surface area contributed by atoms with Crippen molar-refractivity contribution in [3.05, 3.63) is 15.6 Å². The normalized spacial score (nSPS) is 16.8. The van der Waals surface area contributed by atoms with Crippen LogP contribution in [0.5, 0.6) is 0 Å². The van der Waals surface area contributed by atoms with Crippen LogP contribution in [0.3, 0.4) is 0 Å². The maximum Gasteiger partial charge on any atom is 0.0929 e.